The number of halogens is 1. The first-order valence-electron chi connectivity index (χ1n) is 7.02. The molecule has 4 atom stereocenters. The van der Waals surface area contributed by atoms with Crippen LogP contribution in [-0.2, 0) is 4.74 Å². The monoisotopic (exact) mass is 341 g/mol. The number of hydrogen-bond acceptors (Lipinski definition) is 9. The van der Waals surface area contributed by atoms with Crippen molar-refractivity contribution in [3.8, 4) is 0 Å². The number of anilines is 1. The Hall–Kier alpha value is -2.44. The summed E-state index contributed by atoms with van der Waals surface area (Å²) in [5.41, 5.74) is 3.21. The van der Waals surface area contributed by atoms with Crippen LogP contribution in [0.15, 0.2) is 21.4 Å². The lowest BCUT2D eigenvalue weighted by Gasteiger charge is -2.27. The molecule has 0 spiro atoms. The molecule has 24 heavy (non-hydrogen) atoms. The molecule has 3 heterocycles. The lowest BCUT2D eigenvalue weighted by molar-refractivity contribution is -0.121. The molecule has 130 valence electrons. The Kier molecular flexibility index (Phi) is 4.03. The number of rotatable bonds is 4. The highest BCUT2D eigenvalue weighted by molar-refractivity contribution is 5.70. The summed E-state index contributed by atoms with van der Waals surface area (Å²) in [4.78, 5) is 21.9. The summed E-state index contributed by atoms with van der Waals surface area (Å²) in [5.74, 6) is -0.170. The lowest BCUT2D eigenvalue weighted by atomic mass is 9.97. The first kappa shape index (κ1) is 16.4. The maximum atomic E-state index is 14.6. The fourth-order valence-electron chi connectivity index (χ4n) is 2.66. The number of aromatic nitrogens is 4. The summed E-state index contributed by atoms with van der Waals surface area (Å²) in [6, 6.07) is 0. The average Bonchev–Trinajstić information content (AvgIpc) is 3.07. The second kappa shape index (κ2) is 5.89. The van der Waals surface area contributed by atoms with Gasteiger partial charge in [-0.2, -0.15) is 15.2 Å². The van der Waals surface area contributed by atoms with Gasteiger partial charge < -0.3 is 20.7 Å². The molecule has 0 unspecified atom stereocenters. The van der Waals surface area contributed by atoms with Gasteiger partial charge in [-0.15, -0.1) is 0 Å². The molecule has 12 heteroatoms. The summed E-state index contributed by atoms with van der Waals surface area (Å²) in [7, 11) is 1.40. The number of aliphatic hydroxyl groups is 2. The van der Waals surface area contributed by atoms with Gasteiger partial charge in [-0.05, 0) is 0 Å². The number of nitrogens with two attached hydrogens (primary N) is 1. The van der Waals surface area contributed by atoms with Gasteiger partial charge >= 0.3 is 0 Å². The van der Waals surface area contributed by atoms with E-state index >= 15 is 0 Å². The molecule has 0 amide bonds. The van der Waals surface area contributed by atoms with E-state index in [1.54, 1.807) is 0 Å². The predicted octanol–water partition coefficient (Wildman–Crippen LogP) is -1.26. The van der Waals surface area contributed by atoms with Crippen molar-refractivity contribution in [3.05, 3.63) is 16.7 Å². The molecule has 1 aliphatic rings. The van der Waals surface area contributed by atoms with E-state index in [2.05, 4.69) is 25.2 Å². The molecule has 1 aliphatic heterocycles. The first-order valence-corrected chi connectivity index (χ1v) is 7.02. The molecule has 5 N–H and O–H groups in total. The van der Waals surface area contributed by atoms with Crippen LogP contribution in [0.2, 0.25) is 0 Å². The van der Waals surface area contributed by atoms with Crippen LogP contribution in [0.5, 0.6) is 0 Å². The van der Waals surface area contributed by atoms with Gasteiger partial charge in [0.05, 0.1) is 19.5 Å². The minimum Gasteiger partial charge on any atom is -0.393 e. The third-order valence-electron chi connectivity index (χ3n) is 3.94. The summed E-state index contributed by atoms with van der Waals surface area (Å²) in [5, 5.41) is 27.0. The third-order valence-corrected chi connectivity index (χ3v) is 3.94. The van der Waals surface area contributed by atoms with E-state index in [1.807, 2.05) is 0 Å². The van der Waals surface area contributed by atoms with E-state index < -0.39 is 36.3 Å². The van der Waals surface area contributed by atoms with Crippen LogP contribution in [0, 0.1) is 0 Å². The molecule has 1 saturated heterocycles. The van der Waals surface area contributed by atoms with Crippen molar-refractivity contribution in [2.24, 2.45) is 10.2 Å². The van der Waals surface area contributed by atoms with Gasteiger partial charge in [0.2, 0.25) is 5.95 Å². The van der Waals surface area contributed by atoms with Crippen LogP contribution in [0.4, 0.5) is 10.3 Å². The first-order chi connectivity index (χ1) is 11.4. The molecular formula is C12H16FN7O4. The minimum atomic E-state index is -1.91. The molecule has 0 saturated carbocycles. The number of nitrogens with zero attached hydrogens (tertiary/aromatic N) is 5. The van der Waals surface area contributed by atoms with Gasteiger partial charge in [0.25, 0.3) is 5.56 Å². The Balaban J connectivity index is 2.06. The highest BCUT2D eigenvalue weighted by atomic mass is 19.1. The van der Waals surface area contributed by atoms with Crippen LogP contribution in [0.25, 0.3) is 11.2 Å². The van der Waals surface area contributed by atoms with E-state index in [1.165, 1.54) is 7.05 Å². The number of hydrogen-bond donors (Lipinski definition) is 4. The number of imidazole rings is 1. The Morgan fingerprint density at radius 3 is 3.04 bits per heavy atom. The Morgan fingerprint density at radius 2 is 2.38 bits per heavy atom. The van der Waals surface area contributed by atoms with Crippen molar-refractivity contribution < 1.29 is 19.3 Å². The number of nitrogens with one attached hydrogen (secondary N) is 1. The number of aromatic amines is 1. The highest BCUT2D eigenvalue weighted by Crippen LogP contribution is 2.40. The zero-order valence-electron chi connectivity index (χ0n) is 12.6. The zero-order valence-corrected chi connectivity index (χ0v) is 12.6. The van der Waals surface area contributed by atoms with Gasteiger partial charge in [-0.1, -0.05) is 0 Å². The van der Waals surface area contributed by atoms with Gasteiger partial charge in [-0.3, -0.25) is 14.3 Å². The number of nitrogen functional groups attached to an aromatic ring is 1. The van der Waals surface area contributed by atoms with E-state index in [4.69, 9.17) is 10.5 Å². The topological polar surface area (TPSA) is 164 Å². The van der Waals surface area contributed by atoms with E-state index in [0.717, 1.165) is 10.9 Å². The van der Waals surface area contributed by atoms with Crippen LogP contribution in [-0.4, -0.2) is 67.8 Å². The number of ether oxygens (including phenoxy) is 1. The van der Waals surface area contributed by atoms with E-state index in [0.29, 0.717) is 0 Å². The normalized spacial score (nSPS) is 30.6. The standard InChI is InChI=1S/C12H16FN7O4/c1-15-17-2-12(3-21)7(22)5(13)10(24-12)20-4-16-6-8(20)18-11(14)19-9(6)23/h4-5,7,10,21-22H,2-3H2,1H3,(H3,14,18,19,23)/t5-,7+,10-,12-/m1/s1. The number of fused-ring (bicyclic) bond motifs is 1. The summed E-state index contributed by atoms with van der Waals surface area (Å²) < 4.78 is 21.3. The van der Waals surface area contributed by atoms with E-state index in [9.17, 15) is 19.4 Å². The molecule has 3 rings (SSSR count). The van der Waals surface area contributed by atoms with Crippen molar-refractivity contribution in [2.75, 3.05) is 25.9 Å². The average molecular weight is 341 g/mol. The number of azo groups is 1. The van der Waals surface area contributed by atoms with Crippen molar-refractivity contribution in [2.45, 2.75) is 24.1 Å². The van der Waals surface area contributed by atoms with Crippen molar-refractivity contribution in [1.82, 2.24) is 19.5 Å². The predicted molar refractivity (Wildman–Crippen MR) is 79.0 cm³/mol. The van der Waals surface area contributed by atoms with E-state index in [-0.39, 0.29) is 23.7 Å². The third kappa shape index (κ3) is 2.35. The molecule has 0 aromatic carbocycles. The fourth-order valence-corrected chi connectivity index (χ4v) is 2.66. The molecule has 11 nitrogen and oxygen atoms in total. The Bertz CT molecular complexity index is 836. The van der Waals surface area contributed by atoms with Crippen LogP contribution in [0.1, 0.15) is 6.23 Å². The van der Waals surface area contributed by atoms with Gasteiger partial charge in [-0.25, -0.2) is 9.37 Å². The molecule has 0 aliphatic carbocycles. The van der Waals surface area contributed by atoms with Crippen molar-refractivity contribution in [3.63, 3.8) is 0 Å². The number of H-pyrrole nitrogens is 1. The highest BCUT2D eigenvalue weighted by Gasteiger charge is 2.56. The van der Waals surface area contributed by atoms with Gasteiger partial charge in [0.15, 0.2) is 23.6 Å². The molecule has 0 radical (unpaired) electrons. The summed E-state index contributed by atoms with van der Waals surface area (Å²) >= 11 is 0. The SMILES string of the molecule is CN=NC[C@]1(CO)O[C@@H](n2cnc3c(=O)[nH]c(N)nc32)[C@H](F)[C@@H]1O. The number of aliphatic hydroxyl groups excluding tert-OH is 2. The van der Waals surface area contributed by atoms with Crippen molar-refractivity contribution >= 4 is 17.1 Å². The summed E-state index contributed by atoms with van der Waals surface area (Å²) in [6.45, 7) is -0.909. The Labute approximate surface area is 134 Å². The zero-order chi connectivity index (χ0) is 17.5. The maximum absolute atomic E-state index is 14.6. The summed E-state index contributed by atoms with van der Waals surface area (Å²) in [6.07, 6.45) is -3.78. The number of alkyl halides is 1. The molecule has 2 aromatic heterocycles. The van der Waals surface area contributed by atoms with Gasteiger partial charge in [0.1, 0.15) is 11.7 Å². The molecule has 2 aromatic rings. The van der Waals surface area contributed by atoms with Gasteiger partial charge in [0, 0.05) is 7.05 Å². The van der Waals surface area contributed by atoms with Crippen LogP contribution in [0.3, 0.4) is 0 Å². The smallest absolute Gasteiger partial charge is 0.280 e. The quantitative estimate of drug-likeness (QED) is 0.504. The maximum Gasteiger partial charge on any atom is 0.280 e. The molecular weight excluding hydrogens is 325 g/mol. The molecule has 0 bridgehead atoms. The Morgan fingerprint density at radius 1 is 1.62 bits per heavy atom. The second-order valence-corrected chi connectivity index (χ2v) is 5.40. The minimum absolute atomic E-state index is 0.00181. The lowest BCUT2D eigenvalue weighted by Crippen LogP contribution is -2.48. The fraction of sp³-hybridized carbons (Fsp3) is 0.583. The second-order valence-electron chi connectivity index (χ2n) is 5.40. The molecule has 1 fully saturated rings. The van der Waals surface area contributed by atoms with Crippen LogP contribution >= 0.6 is 0 Å². The van der Waals surface area contributed by atoms with Crippen LogP contribution < -0.4 is 11.3 Å². The van der Waals surface area contributed by atoms with Crippen molar-refractivity contribution in [1.29, 1.82) is 0 Å². The largest absolute Gasteiger partial charge is 0.393 e.